The molecule has 0 aliphatic heterocycles. The van der Waals surface area contributed by atoms with Crippen LogP contribution >= 0.6 is 11.6 Å². The molecule has 0 saturated carbocycles. The second kappa shape index (κ2) is 8.36. The van der Waals surface area contributed by atoms with Crippen LogP contribution in [0.25, 0.3) is 0 Å². The maximum Gasteiger partial charge on any atom is 0.233 e. The average molecular weight is 347 g/mol. The third-order valence-electron chi connectivity index (χ3n) is 3.33. The number of carbonyl (C=O) groups excluding carboxylic acids is 2. The Morgan fingerprint density at radius 3 is 2.58 bits per heavy atom. The summed E-state index contributed by atoms with van der Waals surface area (Å²) in [5, 5.41) is 5.75. The van der Waals surface area contributed by atoms with E-state index in [1.54, 1.807) is 18.2 Å². The van der Waals surface area contributed by atoms with Gasteiger partial charge in [-0.05, 0) is 30.7 Å². The lowest BCUT2D eigenvalue weighted by atomic mass is 10.1. The van der Waals surface area contributed by atoms with Crippen LogP contribution in [0.1, 0.15) is 17.5 Å². The first kappa shape index (κ1) is 17.8. The molecule has 126 valence electrons. The highest BCUT2D eigenvalue weighted by molar-refractivity contribution is 6.32. The third kappa shape index (κ3) is 5.28. The molecule has 2 aromatic rings. The van der Waals surface area contributed by atoms with Crippen LogP contribution in [0.15, 0.2) is 42.5 Å². The van der Waals surface area contributed by atoms with E-state index in [1.165, 1.54) is 7.11 Å². The molecular formula is C18H19ClN2O3. The summed E-state index contributed by atoms with van der Waals surface area (Å²) in [4.78, 5) is 23.8. The van der Waals surface area contributed by atoms with Gasteiger partial charge in [0, 0.05) is 12.2 Å². The molecule has 0 atom stereocenters. The van der Waals surface area contributed by atoms with Crippen molar-refractivity contribution in [1.29, 1.82) is 0 Å². The van der Waals surface area contributed by atoms with Gasteiger partial charge in [0.1, 0.15) is 12.2 Å². The number of methoxy groups -OCH3 is 1. The highest BCUT2D eigenvalue weighted by atomic mass is 35.5. The third-order valence-corrected chi connectivity index (χ3v) is 3.62. The normalized spacial score (nSPS) is 10.1. The molecule has 0 aromatic heterocycles. The minimum Gasteiger partial charge on any atom is -0.495 e. The number of benzene rings is 2. The van der Waals surface area contributed by atoms with E-state index in [0.717, 1.165) is 11.1 Å². The van der Waals surface area contributed by atoms with Gasteiger partial charge in [-0.1, -0.05) is 41.4 Å². The predicted molar refractivity (Wildman–Crippen MR) is 94.3 cm³/mol. The van der Waals surface area contributed by atoms with Gasteiger partial charge in [-0.15, -0.1) is 0 Å². The molecule has 2 aromatic carbocycles. The van der Waals surface area contributed by atoms with Gasteiger partial charge in [0.05, 0.1) is 12.1 Å². The molecular weight excluding hydrogens is 328 g/mol. The molecule has 2 N–H and O–H groups in total. The van der Waals surface area contributed by atoms with E-state index in [2.05, 4.69) is 10.6 Å². The van der Waals surface area contributed by atoms with Crippen molar-refractivity contribution >= 4 is 29.1 Å². The van der Waals surface area contributed by atoms with Gasteiger partial charge in [0.25, 0.3) is 0 Å². The van der Waals surface area contributed by atoms with E-state index in [-0.39, 0.29) is 12.3 Å². The first-order chi connectivity index (χ1) is 11.5. The molecule has 6 heteroatoms. The monoisotopic (exact) mass is 346 g/mol. The lowest BCUT2D eigenvalue weighted by Gasteiger charge is -2.09. The summed E-state index contributed by atoms with van der Waals surface area (Å²) in [6.07, 6.45) is -0.255. The summed E-state index contributed by atoms with van der Waals surface area (Å²) in [6.45, 7) is 2.38. The standard InChI is InChI=1S/C18H19ClN2O3/c1-12-4-3-5-13(8-12)11-20-17(22)10-18(23)21-14-6-7-16(24-2)15(19)9-14/h3-9H,10-11H2,1-2H3,(H,20,22)(H,21,23). The Morgan fingerprint density at radius 1 is 1.12 bits per heavy atom. The molecule has 24 heavy (non-hydrogen) atoms. The van der Waals surface area contributed by atoms with E-state index < -0.39 is 5.91 Å². The number of halogens is 1. The number of nitrogens with one attached hydrogen (secondary N) is 2. The largest absolute Gasteiger partial charge is 0.495 e. The zero-order valence-corrected chi connectivity index (χ0v) is 14.3. The maximum atomic E-state index is 11.9. The molecule has 0 heterocycles. The number of aryl methyl sites for hydroxylation is 1. The Labute approximate surface area is 146 Å². The van der Waals surface area contributed by atoms with Crippen LogP contribution in [0.2, 0.25) is 5.02 Å². The maximum absolute atomic E-state index is 11.9. The van der Waals surface area contributed by atoms with Crippen molar-refractivity contribution in [2.45, 2.75) is 19.9 Å². The number of anilines is 1. The molecule has 0 aliphatic rings. The smallest absolute Gasteiger partial charge is 0.233 e. The van der Waals surface area contributed by atoms with Crippen molar-refractivity contribution in [3.8, 4) is 5.75 Å². The summed E-state index contributed by atoms with van der Waals surface area (Å²) in [6, 6.07) is 12.7. The number of rotatable bonds is 6. The van der Waals surface area contributed by atoms with Gasteiger partial charge in [-0.2, -0.15) is 0 Å². The number of hydrogen-bond donors (Lipinski definition) is 2. The van der Waals surface area contributed by atoms with Crippen LogP contribution in [0.3, 0.4) is 0 Å². The molecule has 0 fully saturated rings. The van der Waals surface area contributed by atoms with Gasteiger partial charge in [0.2, 0.25) is 11.8 Å². The first-order valence-corrected chi connectivity index (χ1v) is 7.81. The molecule has 0 unspecified atom stereocenters. The summed E-state index contributed by atoms with van der Waals surface area (Å²) in [5.41, 5.74) is 2.62. The summed E-state index contributed by atoms with van der Waals surface area (Å²) < 4.78 is 5.04. The molecule has 0 radical (unpaired) electrons. The Bertz CT molecular complexity index is 747. The number of carbonyl (C=O) groups is 2. The van der Waals surface area contributed by atoms with Crippen molar-refractivity contribution in [3.05, 3.63) is 58.6 Å². The fourth-order valence-electron chi connectivity index (χ4n) is 2.18. The van der Waals surface area contributed by atoms with Gasteiger partial charge in [-0.3, -0.25) is 9.59 Å². The number of amides is 2. The van der Waals surface area contributed by atoms with Gasteiger partial charge in [0.15, 0.2) is 0 Å². The molecule has 0 saturated heterocycles. The van der Waals surface area contributed by atoms with E-state index in [0.29, 0.717) is 23.0 Å². The van der Waals surface area contributed by atoms with E-state index >= 15 is 0 Å². The summed E-state index contributed by atoms with van der Waals surface area (Å²) >= 11 is 5.99. The lowest BCUT2D eigenvalue weighted by molar-refractivity contribution is -0.126. The van der Waals surface area contributed by atoms with E-state index in [9.17, 15) is 9.59 Å². The molecule has 0 bridgehead atoms. The van der Waals surface area contributed by atoms with Crippen molar-refractivity contribution < 1.29 is 14.3 Å². The lowest BCUT2D eigenvalue weighted by Crippen LogP contribution is -2.27. The number of hydrogen-bond acceptors (Lipinski definition) is 3. The fraction of sp³-hybridized carbons (Fsp3) is 0.222. The fourth-order valence-corrected chi connectivity index (χ4v) is 2.44. The quantitative estimate of drug-likeness (QED) is 0.788. The highest BCUT2D eigenvalue weighted by Crippen LogP contribution is 2.27. The Balaban J connectivity index is 1.83. The molecule has 0 spiro atoms. The minimum atomic E-state index is -0.405. The van der Waals surface area contributed by atoms with Crippen LogP contribution in [0.4, 0.5) is 5.69 Å². The van der Waals surface area contributed by atoms with Crippen LogP contribution in [0, 0.1) is 6.92 Å². The van der Waals surface area contributed by atoms with Gasteiger partial charge in [-0.25, -0.2) is 0 Å². The van der Waals surface area contributed by atoms with E-state index in [1.807, 2.05) is 31.2 Å². The Kier molecular flexibility index (Phi) is 6.21. The Morgan fingerprint density at radius 2 is 1.92 bits per heavy atom. The molecule has 5 nitrogen and oxygen atoms in total. The van der Waals surface area contributed by atoms with Gasteiger partial charge >= 0.3 is 0 Å². The van der Waals surface area contributed by atoms with Crippen LogP contribution in [0.5, 0.6) is 5.75 Å². The van der Waals surface area contributed by atoms with Crippen molar-refractivity contribution in [2.75, 3.05) is 12.4 Å². The SMILES string of the molecule is COc1ccc(NC(=O)CC(=O)NCc2cccc(C)c2)cc1Cl. The van der Waals surface area contributed by atoms with Crippen LogP contribution in [-0.4, -0.2) is 18.9 Å². The summed E-state index contributed by atoms with van der Waals surface area (Å²) in [7, 11) is 1.51. The second-order valence-corrected chi connectivity index (χ2v) is 5.75. The predicted octanol–water partition coefficient (Wildman–Crippen LogP) is 3.30. The average Bonchev–Trinajstić information content (AvgIpc) is 2.53. The summed E-state index contributed by atoms with van der Waals surface area (Å²) in [5.74, 6) is -0.225. The molecule has 2 rings (SSSR count). The minimum absolute atomic E-state index is 0.255. The molecule has 2 amide bonds. The zero-order valence-electron chi connectivity index (χ0n) is 13.6. The van der Waals surface area contributed by atoms with Crippen molar-refractivity contribution in [3.63, 3.8) is 0 Å². The Hall–Kier alpha value is -2.53. The second-order valence-electron chi connectivity index (χ2n) is 5.34. The zero-order chi connectivity index (χ0) is 17.5. The van der Waals surface area contributed by atoms with E-state index in [4.69, 9.17) is 16.3 Å². The van der Waals surface area contributed by atoms with Crippen LogP contribution < -0.4 is 15.4 Å². The topological polar surface area (TPSA) is 67.4 Å². The molecule has 0 aliphatic carbocycles. The van der Waals surface area contributed by atoms with Crippen LogP contribution in [-0.2, 0) is 16.1 Å². The van der Waals surface area contributed by atoms with Gasteiger partial charge < -0.3 is 15.4 Å². The van der Waals surface area contributed by atoms with Crippen molar-refractivity contribution in [1.82, 2.24) is 5.32 Å². The highest BCUT2D eigenvalue weighted by Gasteiger charge is 2.10. The van der Waals surface area contributed by atoms with Crippen molar-refractivity contribution in [2.24, 2.45) is 0 Å². The first-order valence-electron chi connectivity index (χ1n) is 7.43. The number of ether oxygens (including phenoxy) is 1.